The van der Waals surface area contributed by atoms with E-state index in [9.17, 15) is 9.59 Å². The summed E-state index contributed by atoms with van der Waals surface area (Å²) in [4.78, 5) is 27.4. The molecule has 0 spiro atoms. The molecule has 1 N–H and O–H groups in total. The summed E-state index contributed by atoms with van der Waals surface area (Å²) < 4.78 is 6.38. The normalized spacial score (nSPS) is 15.9. The molecule has 0 saturated carbocycles. The number of thiophene rings is 2. The largest absolute Gasteiger partial charge is 0.462 e. The van der Waals surface area contributed by atoms with Crippen LogP contribution in [0.4, 0.5) is 5.00 Å². The van der Waals surface area contributed by atoms with Gasteiger partial charge in [0.25, 0.3) is 5.91 Å². The number of benzene rings is 1. The summed E-state index contributed by atoms with van der Waals surface area (Å²) in [5, 5.41) is 4.85. The first-order valence-electron chi connectivity index (χ1n) is 9.79. The van der Waals surface area contributed by atoms with Crippen LogP contribution < -0.4 is 5.32 Å². The smallest absolute Gasteiger partial charge is 0.341 e. The summed E-state index contributed by atoms with van der Waals surface area (Å²) in [5.41, 5.74) is 1.56. The molecule has 1 amide bonds. The fourth-order valence-corrected chi connectivity index (χ4v) is 6.45. The molecule has 0 unspecified atom stereocenters. The van der Waals surface area contributed by atoms with Crippen molar-refractivity contribution in [3.63, 3.8) is 0 Å². The lowest BCUT2D eigenvalue weighted by atomic mass is 9.88. The van der Waals surface area contributed by atoms with E-state index in [-0.39, 0.29) is 11.9 Å². The highest BCUT2D eigenvalue weighted by Gasteiger charge is 2.30. The average molecular weight is 448 g/mol. The SMILES string of the molecule is CCCOC(=O)c1c(NC(=O)c2sc3ccccc3c2Cl)sc2c1CC[C@H](C)C2. The molecule has 4 rings (SSSR count). The molecule has 1 aliphatic carbocycles. The van der Waals surface area contributed by atoms with Crippen molar-refractivity contribution in [1.82, 2.24) is 0 Å². The predicted octanol–water partition coefficient (Wildman–Crippen LogP) is 6.56. The van der Waals surface area contributed by atoms with E-state index < -0.39 is 0 Å². The molecule has 2 heterocycles. The molecule has 0 radical (unpaired) electrons. The second kappa shape index (κ2) is 8.46. The monoisotopic (exact) mass is 447 g/mol. The summed E-state index contributed by atoms with van der Waals surface area (Å²) in [6, 6.07) is 7.68. The Morgan fingerprint density at radius 3 is 2.83 bits per heavy atom. The number of fused-ring (bicyclic) bond motifs is 2. The van der Waals surface area contributed by atoms with E-state index in [1.54, 1.807) is 0 Å². The van der Waals surface area contributed by atoms with Crippen LogP contribution in [-0.4, -0.2) is 18.5 Å². The van der Waals surface area contributed by atoms with Crippen molar-refractivity contribution in [1.29, 1.82) is 0 Å². The maximum atomic E-state index is 13.0. The van der Waals surface area contributed by atoms with Gasteiger partial charge in [-0.25, -0.2) is 4.79 Å². The van der Waals surface area contributed by atoms with Crippen molar-refractivity contribution in [3.8, 4) is 0 Å². The number of amides is 1. The fraction of sp³-hybridized carbons (Fsp3) is 0.364. The third-order valence-electron chi connectivity index (χ3n) is 5.12. The summed E-state index contributed by atoms with van der Waals surface area (Å²) in [7, 11) is 0. The Hall–Kier alpha value is -1.89. The third kappa shape index (κ3) is 3.93. The quantitative estimate of drug-likeness (QED) is 0.450. The zero-order valence-corrected chi connectivity index (χ0v) is 18.7. The molecule has 4 nitrogen and oxygen atoms in total. The van der Waals surface area contributed by atoms with Gasteiger partial charge in [0.2, 0.25) is 0 Å². The van der Waals surface area contributed by atoms with Crippen LogP contribution in [0.15, 0.2) is 24.3 Å². The van der Waals surface area contributed by atoms with Crippen LogP contribution in [0.1, 0.15) is 57.2 Å². The van der Waals surface area contributed by atoms with Crippen LogP contribution in [0.25, 0.3) is 10.1 Å². The second-order valence-electron chi connectivity index (χ2n) is 7.39. The Kier molecular flexibility index (Phi) is 5.95. The topological polar surface area (TPSA) is 55.4 Å². The number of hydrogen-bond donors (Lipinski definition) is 1. The minimum Gasteiger partial charge on any atom is -0.462 e. The number of anilines is 1. The number of rotatable bonds is 5. The van der Waals surface area contributed by atoms with E-state index in [1.807, 2.05) is 31.2 Å². The molecule has 0 fully saturated rings. The van der Waals surface area contributed by atoms with Crippen molar-refractivity contribution >= 4 is 61.2 Å². The van der Waals surface area contributed by atoms with Crippen LogP contribution in [0.5, 0.6) is 0 Å². The van der Waals surface area contributed by atoms with Crippen LogP contribution >= 0.6 is 34.3 Å². The first kappa shape index (κ1) is 20.4. The van der Waals surface area contributed by atoms with Crippen LogP contribution in [0, 0.1) is 5.92 Å². The Morgan fingerprint density at radius 2 is 2.07 bits per heavy atom. The van der Waals surface area contributed by atoms with Gasteiger partial charge < -0.3 is 10.1 Å². The Labute approximate surface area is 182 Å². The number of esters is 1. The lowest BCUT2D eigenvalue weighted by Crippen LogP contribution is -2.16. The van der Waals surface area contributed by atoms with Gasteiger partial charge in [0.15, 0.2) is 0 Å². The standard InChI is InChI=1S/C22H22ClNO3S2/c1-3-10-27-22(26)17-13-9-8-12(2)11-16(13)29-21(17)24-20(25)19-18(23)14-6-4-5-7-15(14)28-19/h4-7,12H,3,8-11H2,1-2H3,(H,24,25)/t12-/m0/s1. The molecule has 1 aromatic carbocycles. The fourth-order valence-electron chi connectivity index (χ4n) is 3.64. The molecular formula is C22H22ClNO3S2. The van der Waals surface area contributed by atoms with Crippen LogP contribution in [-0.2, 0) is 17.6 Å². The molecule has 0 aliphatic heterocycles. The average Bonchev–Trinajstić information content (AvgIpc) is 3.23. The minimum absolute atomic E-state index is 0.285. The first-order valence-corrected chi connectivity index (χ1v) is 11.8. The van der Waals surface area contributed by atoms with E-state index in [2.05, 4.69) is 12.2 Å². The van der Waals surface area contributed by atoms with Gasteiger partial charge in [-0.05, 0) is 43.2 Å². The second-order valence-corrected chi connectivity index (χ2v) is 9.92. The molecule has 7 heteroatoms. The predicted molar refractivity (Wildman–Crippen MR) is 121 cm³/mol. The number of carbonyl (C=O) groups is 2. The molecule has 1 aliphatic rings. The number of halogens is 1. The zero-order valence-electron chi connectivity index (χ0n) is 16.3. The van der Waals surface area contributed by atoms with Gasteiger partial charge in [-0.1, -0.05) is 43.6 Å². The van der Waals surface area contributed by atoms with Gasteiger partial charge in [-0.2, -0.15) is 0 Å². The van der Waals surface area contributed by atoms with E-state index in [4.69, 9.17) is 16.3 Å². The number of nitrogens with one attached hydrogen (secondary N) is 1. The van der Waals surface area contributed by atoms with Crippen molar-refractivity contribution in [3.05, 3.63) is 50.2 Å². The van der Waals surface area contributed by atoms with Crippen molar-refractivity contribution in [2.45, 2.75) is 39.5 Å². The molecule has 0 saturated heterocycles. The van der Waals surface area contributed by atoms with E-state index in [1.165, 1.54) is 27.6 Å². The summed E-state index contributed by atoms with van der Waals surface area (Å²) in [5.74, 6) is -0.0646. The molecular weight excluding hydrogens is 426 g/mol. The molecule has 0 bridgehead atoms. The van der Waals surface area contributed by atoms with E-state index in [0.29, 0.717) is 33.0 Å². The highest BCUT2D eigenvalue weighted by Crippen LogP contribution is 2.41. The number of ether oxygens (including phenoxy) is 1. The molecule has 3 aromatic rings. The minimum atomic E-state index is -0.350. The van der Waals surface area contributed by atoms with Crippen molar-refractivity contribution in [2.75, 3.05) is 11.9 Å². The van der Waals surface area contributed by atoms with Gasteiger partial charge in [-0.15, -0.1) is 22.7 Å². The van der Waals surface area contributed by atoms with E-state index in [0.717, 1.165) is 41.3 Å². The Morgan fingerprint density at radius 1 is 1.28 bits per heavy atom. The molecule has 152 valence electrons. The van der Waals surface area contributed by atoms with Gasteiger partial charge in [-0.3, -0.25) is 4.79 Å². The maximum absolute atomic E-state index is 13.0. The van der Waals surface area contributed by atoms with Crippen molar-refractivity contribution < 1.29 is 14.3 Å². The Bertz CT molecular complexity index is 1090. The van der Waals surface area contributed by atoms with Crippen LogP contribution in [0.3, 0.4) is 0 Å². The first-order chi connectivity index (χ1) is 14.0. The molecule has 2 aromatic heterocycles. The zero-order chi connectivity index (χ0) is 20.5. The van der Waals surface area contributed by atoms with Gasteiger partial charge >= 0.3 is 5.97 Å². The summed E-state index contributed by atoms with van der Waals surface area (Å²) in [6.45, 7) is 4.55. The summed E-state index contributed by atoms with van der Waals surface area (Å²) in [6.07, 6.45) is 3.55. The summed E-state index contributed by atoms with van der Waals surface area (Å²) >= 11 is 9.32. The van der Waals surface area contributed by atoms with Gasteiger partial charge in [0.1, 0.15) is 9.88 Å². The maximum Gasteiger partial charge on any atom is 0.341 e. The van der Waals surface area contributed by atoms with E-state index >= 15 is 0 Å². The van der Waals surface area contributed by atoms with Gasteiger partial charge in [0, 0.05) is 15.0 Å². The number of hydrogen-bond acceptors (Lipinski definition) is 5. The van der Waals surface area contributed by atoms with Crippen molar-refractivity contribution in [2.24, 2.45) is 5.92 Å². The van der Waals surface area contributed by atoms with Gasteiger partial charge in [0.05, 0.1) is 17.2 Å². The highest BCUT2D eigenvalue weighted by atomic mass is 35.5. The molecule has 29 heavy (non-hydrogen) atoms. The number of carbonyl (C=O) groups excluding carboxylic acids is 2. The highest BCUT2D eigenvalue weighted by molar-refractivity contribution is 7.22. The van der Waals surface area contributed by atoms with Crippen LogP contribution in [0.2, 0.25) is 5.02 Å². The lowest BCUT2D eigenvalue weighted by Gasteiger charge is -2.18. The lowest BCUT2D eigenvalue weighted by molar-refractivity contribution is 0.0505. The third-order valence-corrected chi connectivity index (χ3v) is 7.97. The Balaban J connectivity index is 1.69. The molecule has 1 atom stereocenters.